The number of nitrogens with zero attached hydrogens (tertiary/aromatic N) is 3. The largest absolute Gasteiger partial charge is 0.489 e. The third-order valence-corrected chi connectivity index (χ3v) is 5.49. The first-order valence-electron chi connectivity index (χ1n) is 7.38. The first kappa shape index (κ1) is 15.9. The summed E-state index contributed by atoms with van der Waals surface area (Å²) in [5.41, 5.74) is 0.572. The molecule has 7 nitrogen and oxygen atoms in total. The molecule has 2 aromatic rings. The average Bonchev–Trinajstić information content (AvgIpc) is 3.01. The second-order valence-corrected chi connectivity index (χ2v) is 8.04. The number of para-hydroxylation sites is 1. The smallest absolute Gasteiger partial charge is 0.245 e. The lowest BCUT2D eigenvalue weighted by Gasteiger charge is -2.24. The van der Waals surface area contributed by atoms with E-state index in [0.717, 1.165) is 5.56 Å². The van der Waals surface area contributed by atoms with Crippen LogP contribution in [-0.2, 0) is 29.0 Å². The molecule has 1 N–H and O–H groups in total. The lowest BCUT2D eigenvalue weighted by molar-refractivity contribution is 0.249. The van der Waals surface area contributed by atoms with Gasteiger partial charge in [-0.1, -0.05) is 17.3 Å². The van der Waals surface area contributed by atoms with E-state index in [9.17, 15) is 8.42 Å². The standard InChI is InChI=1S/C15H20N4O3S/c1-10-8-11-6-5-7-12(14(11)22-10)23(20,21)17-15(2,3)13-9-19(4)18-16-13/h5-7,9-10,17H,8H2,1-4H3. The Bertz CT molecular complexity index is 842. The molecule has 124 valence electrons. The fraction of sp³-hybridized carbons (Fsp3) is 0.467. The topological polar surface area (TPSA) is 86.1 Å². The second-order valence-electron chi connectivity index (χ2n) is 6.38. The van der Waals surface area contributed by atoms with Crippen LogP contribution >= 0.6 is 0 Å². The normalized spacial score (nSPS) is 17.8. The number of aryl methyl sites for hydroxylation is 1. The number of hydrogen-bond acceptors (Lipinski definition) is 5. The highest BCUT2D eigenvalue weighted by molar-refractivity contribution is 7.89. The van der Waals surface area contributed by atoms with Crippen LogP contribution in [0.25, 0.3) is 0 Å². The monoisotopic (exact) mass is 336 g/mol. The van der Waals surface area contributed by atoms with Gasteiger partial charge in [-0.15, -0.1) is 5.10 Å². The van der Waals surface area contributed by atoms with Gasteiger partial charge < -0.3 is 4.74 Å². The van der Waals surface area contributed by atoms with Crippen LogP contribution in [0.15, 0.2) is 29.3 Å². The lowest BCUT2D eigenvalue weighted by Crippen LogP contribution is -2.41. The second kappa shape index (κ2) is 5.31. The number of sulfonamides is 1. The quantitative estimate of drug-likeness (QED) is 0.911. The van der Waals surface area contributed by atoms with E-state index in [1.165, 1.54) is 4.68 Å². The fourth-order valence-electron chi connectivity index (χ4n) is 2.70. The molecule has 0 saturated carbocycles. The maximum atomic E-state index is 12.8. The summed E-state index contributed by atoms with van der Waals surface area (Å²) in [6.45, 7) is 5.43. The maximum Gasteiger partial charge on any atom is 0.245 e. The molecule has 1 unspecified atom stereocenters. The van der Waals surface area contributed by atoms with E-state index >= 15 is 0 Å². The van der Waals surface area contributed by atoms with Crippen molar-refractivity contribution in [3.8, 4) is 5.75 Å². The highest BCUT2D eigenvalue weighted by atomic mass is 32.2. The number of hydrogen-bond donors (Lipinski definition) is 1. The Morgan fingerprint density at radius 1 is 1.39 bits per heavy atom. The van der Waals surface area contributed by atoms with Crippen molar-refractivity contribution in [1.82, 2.24) is 19.7 Å². The van der Waals surface area contributed by atoms with Gasteiger partial charge in [0.05, 0.1) is 11.7 Å². The zero-order valence-electron chi connectivity index (χ0n) is 13.6. The molecule has 1 aliphatic rings. The molecule has 3 rings (SSSR count). The molecule has 1 aliphatic heterocycles. The van der Waals surface area contributed by atoms with E-state index in [-0.39, 0.29) is 11.0 Å². The molecule has 0 spiro atoms. The molecule has 0 bridgehead atoms. The summed E-state index contributed by atoms with van der Waals surface area (Å²) >= 11 is 0. The van der Waals surface area contributed by atoms with Gasteiger partial charge in [0.15, 0.2) is 0 Å². The Morgan fingerprint density at radius 2 is 2.13 bits per heavy atom. The van der Waals surface area contributed by atoms with Gasteiger partial charge in [-0.25, -0.2) is 8.42 Å². The molecule has 0 aliphatic carbocycles. The van der Waals surface area contributed by atoms with Crippen molar-refractivity contribution in [3.63, 3.8) is 0 Å². The third kappa shape index (κ3) is 2.96. The molecular weight excluding hydrogens is 316 g/mol. The van der Waals surface area contributed by atoms with Crippen molar-refractivity contribution in [3.05, 3.63) is 35.7 Å². The molecule has 2 heterocycles. The Morgan fingerprint density at radius 3 is 2.78 bits per heavy atom. The van der Waals surface area contributed by atoms with Crippen LogP contribution in [0.2, 0.25) is 0 Å². The van der Waals surface area contributed by atoms with E-state index in [1.807, 2.05) is 13.0 Å². The molecule has 1 aromatic heterocycles. The molecule has 0 fully saturated rings. The molecule has 1 atom stereocenters. The number of rotatable bonds is 4. The Hall–Kier alpha value is -1.93. The van der Waals surface area contributed by atoms with Crippen molar-refractivity contribution in [2.75, 3.05) is 0 Å². The van der Waals surface area contributed by atoms with Crippen molar-refractivity contribution >= 4 is 10.0 Å². The van der Waals surface area contributed by atoms with Crippen LogP contribution < -0.4 is 9.46 Å². The van der Waals surface area contributed by atoms with Crippen LogP contribution in [0.1, 0.15) is 32.0 Å². The van der Waals surface area contributed by atoms with Crippen molar-refractivity contribution in [1.29, 1.82) is 0 Å². The average molecular weight is 336 g/mol. The fourth-order valence-corrected chi connectivity index (χ4v) is 4.26. The summed E-state index contributed by atoms with van der Waals surface area (Å²) in [5.74, 6) is 0.447. The maximum absolute atomic E-state index is 12.8. The van der Waals surface area contributed by atoms with Crippen molar-refractivity contribution < 1.29 is 13.2 Å². The molecule has 0 amide bonds. The summed E-state index contributed by atoms with van der Waals surface area (Å²) in [7, 11) is -2.02. The van der Waals surface area contributed by atoms with E-state index < -0.39 is 15.6 Å². The number of ether oxygens (including phenoxy) is 1. The predicted octanol–water partition coefficient (Wildman–Crippen LogP) is 1.35. The van der Waals surface area contributed by atoms with E-state index in [4.69, 9.17) is 4.74 Å². The number of aromatic nitrogens is 3. The zero-order chi connectivity index (χ0) is 16.8. The van der Waals surface area contributed by atoms with Crippen LogP contribution in [0.5, 0.6) is 5.75 Å². The van der Waals surface area contributed by atoms with Gasteiger partial charge in [0, 0.05) is 13.5 Å². The number of fused-ring (bicyclic) bond motifs is 1. The molecule has 1 aromatic carbocycles. The number of benzene rings is 1. The first-order valence-corrected chi connectivity index (χ1v) is 8.87. The molecule has 23 heavy (non-hydrogen) atoms. The van der Waals surface area contributed by atoms with Crippen LogP contribution in [0, 0.1) is 0 Å². The third-order valence-electron chi connectivity index (χ3n) is 3.81. The molecular formula is C15H20N4O3S. The first-order chi connectivity index (χ1) is 10.7. The van der Waals surface area contributed by atoms with E-state index in [1.54, 1.807) is 39.2 Å². The van der Waals surface area contributed by atoms with E-state index in [2.05, 4.69) is 15.0 Å². The highest BCUT2D eigenvalue weighted by Gasteiger charge is 2.34. The van der Waals surface area contributed by atoms with Gasteiger partial charge in [-0.3, -0.25) is 4.68 Å². The van der Waals surface area contributed by atoms with Gasteiger partial charge in [0.2, 0.25) is 10.0 Å². The zero-order valence-corrected chi connectivity index (χ0v) is 14.4. The Kier molecular flexibility index (Phi) is 3.68. The SMILES string of the molecule is CC1Cc2cccc(S(=O)(=O)NC(C)(C)c3cn(C)nn3)c2O1. The highest BCUT2D eigenvalue weighted by Crippen LogP contribution is 2.36. The summed E-state index contributed by atoms with van der Waals surface area (Å²) < 4.78 is 35.6. The van der Waals surface area contributed by atoms with Crippen molar-refractivity contribution in [2.45, 2.75) is 43.7 Å². The summed E-state index contributed by atoms with van der Waals surface area (Å²) in [6, 6.07) is 5.20. The van der Waals surface area contributed by atoms with Gasteiger partial charge in [0.1, 0.15) is 22.4 Å². The lowest BCUT2D eigenvalue weighted by atomic mass is 10.0. The van der Waals surface area contributed by atoms with Crippen molar-refractivity contribution in [2.24, 2.45) is 7.05 Å². The van der Waals surface area contributed by atoms with Gasteiger partial charge >= 0.3 is 0 Å². The minimum absolute atomic E-state index is 0.0191. The van der Waals surface area contributed by atoms with E-state index in [0.29, 0.717) is 17.9 Å². The predicted molar refractivity (Wildman–Crippen MR) is 84.6 cm³/mol. The van der Waals surface area contributed by atoms with Gasteiger partial charge in [0.25, 0.3) is 0 Å². The van der Waals surface area contributed by atoms with Crippen LogP contribution in [0.4, 0.5) is 0 Å². The summed E-state index contributed by atoms with van der Waals surface area (Å²) in [4.78, 5) is 0.163. The minimum Gasteiger partial charge on any atom is -0.489 e. The Labute approximate surface area is 135 Å². The molecule has 8 heteroatoms. The number of nitrogens with one attached hydrogen (secondary N) is 1. The molecule has 0 radical (unpaired) electrons. The van der Waals surface area contributed by atoms with Crippen LogP contribution in [-0.4, -0.2) is 29.5 Å². The minimum atomic E-state index is -3.76. The summed E-state index contributed by atoms with van der Waals surface area (Å²) in [6.07, 6.45) is 2.39. The Balaban J connectivity index is 1.96. The summed E-state index contributed by atoms with van der Waals surface area (Å²) in [5, 5.41) is 7.87. The molecule has 0 saturated heterocycles. The van der Waals surface area contributed by atoms with Crippen LogP contribution in [0.3, 0.4) is 0 Å². The van der Waals surface area contributed by atoms with Gasteiger partial charge in [-0.05, 0) is 32.4 Å². The van der Waals surface area contributed by atoms with Gasteiger partial charge in [-0.2, -0.15) is 4.72 Å².